The van der Waals surface area contributed by atoms with E-state index in [-0.39, 0.29) is 36.0 Å². The van der Waals surface area contributed by atoms with Gasteiger partial charge in [0.2, 0.25) is 0 Å². The molecular weight excluding hydrogens is 372 g/mol. The van der Waals surface area contributed by atoms with Crippen molar-refractivity contribution >= 4 is 5.97 Å². The first-order valence-electron chi connectivity index (χ1n) is 10.9. The molecule has 2 aliphatic heterocycles. The second-order valence-electron chi connectivity index (χ2n) is 9.32. The first-order valence-corrected chi connectivity index (χ1v) is 10.9. The van der Waals surface area contributed by atoms with Gasteiger partial charge in [-0.1, -0.05) is 37.5 Å². The van der Waals surface area contributed by atoms with Crippen molar-refractivity contribution in [2.75, 3.05) is 6.61 Å². The van der Waals surface area contributed by atoms with Gasteiger partial charge in [0.1, 0.15) is 12.2 Å². The summed E-state index contributed by atoms with van der Waals surface area (Å²) in [5, 5.41) is 0. The standard InChI is InChI=1S/C23H30O6/c1-22(2)27-17-13-16(21-25-14-23(29-21)11-7-4-8-12-23)18(19(17)28-22)26-20(24)15-9-5-3-6-10-15/h3,5-6,9-10,16-19,21H,4,7-8,11-14H2,1-2H3/t16-,17-,18-,19-,21+/m1/s1. The van der Waals surface area contributed by atoms with Crippen LogP contribution < -0.4 is 0 Å². The summed E-state index contributed by atoms with van der Waals surface area (Å²) in [6, 6.07) is 9.07. The van der Waals surface area contributed by atoms with E-state index in [0.29, 0.717) is 18.6 Å². The van der Waals surface area contributed by atoms with Gasteiger partial charge in [0.25, 0.3) is 0 Å². The molecule has 2 saturated heterocycles. The van der Waals surface area contributed by atoms with E-state index in [1.807, 2.05) is 32.0 Å². The van der Waals surface area contributed by atoms with Crippen LogP contribution in [0.4, 0.5) is 0 Å². The van der Waals surface area contributed by atoms with Crippen LogP contribution >= 0.6 is 0 Å². The van der Waals surface area contributed by atoms with Crippen LogP contribution in [-0.2, 0) is 23.7 Å². The van der Waals surface area contributed by atoms with Gasteiger partial charge in [0.15, 0.2) is 12.1 Å². The van der Waals surface area contributed by atoms with Gasteiger partial charge in [-0.05, 0) is 45.2 Å². The molecule has 2 heterocycles. The Morgan fingerprint density at radius 2 is 1.79 bits per heavy atom. The van der Waals surface area contributed by atoms with Crippen molar-refractivity contribution in [1.82, 2.24) is 0 Å². The van der Waals surface area contributed by atoms with Crippen LogP contribution in [-0.4, -0.2) is 48.6 Å². The number of hydrogen-bond donors (Lipinski definition) is 0. The highest BCUT2D eigenvalue weighted by atomic mass is 16.8. The lowest BCUT2D eigenvalue weighted by Gasteiger charge is -2.33. The van der Waals surface area contributed by atoms with Crippen LogP contribution in [0.25, 0.3) is 0 Å². The summed E-state index contributed by atoms with van der Waals surface area (Å²) in [6.07, 6.45) is 5.11. The summed E-state index contributed by atoms with van der Waals surface area (Å²) in [4.78, 5) is 12.8. The molecule has 0 N–H and O–H groups in total. The number of carbonyl (C=O) groups is 1. The summed E-state index contributed by atoms with van der Waals surface area (Å²) >= 11 is 0. The average molecular weight is 402 g/mol. The Morgan fingerprint density at radius 3 is 2.55 bits per heavy atom. The van der Waals surface area contributed by atoms with Gasteiger partial charge in [0, 0.05) is 0 Å². The van der Waals surface area contributed by atoms with E-state index in [2.05, 4.69) is 0 Å². The van der Waals surface area contributed by atoms with Gasteiger partial charge >= 0.3 is 5.97 Å². The molecule has 1 spiro atoms. The van der Waals surface area contributed by atoms with Gasteiger partial charge in [-0.25, -0.2) is 4.79 Å². The van der Waals surface area contributed by atoms with Crippen LogP contribution in [0.15, 0.2) is 30.3 Å². The second-order valence-corrected chi connectivity index (χ2v) is 9.32. The highest BCUT2D eigenvalue weighted by Gasteiger charge is 2.59. The van der Waals surface area contributed by atoms with E-state index in [1.165, 1.54) is 19.3 Å². The number of fused-ring (bicyclic) bond motifs is 1. The summed E-state index contributed by atoms with van der Waals surface area (Å²) in [5.74, 6) is -1.13. The Morgan fingerprint density at radius 1 is 1.03 bits per heavy atom. The van der Waals surface area contributed by atoms with Gasteiger partial charge in [-0.2, -0.15) is 0 Å². The number of ether oxygens (including phenoxy) is 5. The van der Waals surface area contributed by atoms with E-state index >= 15 is 0 Å². The highest BCUT2D eigenvalue weighted by Crippen LogP contribution is 2.48. The Kier molecular flexibility index (Phi) is 4.93. The van der Waals surface area contributed by atoms with Crippen LogP contribution in [0.3, 0.4) is 0 Å². The fraction of sp³-hybridized carbons (Fsp3) is 0.696. The lowest BCUT2D eigenvalue weighted by Crippen LogP contribution is -2.41. The third-order valence-electron chi connectivity index (χ3n) is 6.72. The van der Waals surface area contributed by atoms with E-state index < -0.39 is 11.9 Å². The zero-order valence-electron chi connectivity index (χ0n) is 17.2. The number of carbonyl (C=O) groups excluding carboxylic acids is 1. The first-order chi connectivity index (χ1) is 13.9. The largest absolute Gasteiger partial charge is 0.455 e. The fourth-order valence-electron chi connectivity index (χ4n) is 5.37. The van der Waals surface area contributed by atoms with E-state index in [0.717, 1.165) is 12.8 Å². The summed E-state index contributed by atoms with van der Waals surface area (Å²) in [6.45, 7) is 4.42. The SMILES string of the molecule is CC1(C)O[C@H]2[C@H](OC(=O)c3ccccc3)[C@H]([C@H]3OCC4(CCCCC4)O3)C[C@H]2O1. The van der Waals surface area contributed by atoms with E-state index in [1.54, 1.807) is 12.1 Å². The minimum Gasteiger partial charge on any atom is -0.455 e. The zero-order valence-corrected chi connectivity index (χ0v) is 17.2. The number of esters is 1. The molecule has 0 unspecified atom stereocenters. The Labute approximate surface area is 171 Å². The average Bonchev–Trinajstić information content (AvgIpc) is 3.34. The van der Waals surface area contributed by atoms with Crippen molar-refractivity contribution in [2.45, 2.75) is 88.4 Å². The van der Waals surface area contributed by atoms with Crippen molar-refractivity contribution in [2.24, 2.45) is 5.92 Å². The topological polar surface area (TPSA) is 63.2 Å². The number of rotatable bonds is 3. The molecule has 5 atom stereocenters. The van der Waals surface area contributed by atoms with Crippen LogP contribution in [0, 0.1) is 5.92 Å². The van der Waals surface area contributed by atoms with Gasteiger partial charge in [-0.15, -0.1) is 0 Å². The van der Waals surface area contributed by atoms with Gasteiger partial charge in [0.05, 0.1) is 29.8 Å². The van der Waals surface area contributed by atoms with Crippen LogP contribution in [0.5, 0.6) is 0 Å². The third-order valence-corrected chi connectivity index (χ3v) is 6.72. The predicted octanol–water partition coefficient (Wildman–Crippen LogP) is 3.83. The molecule has 158 valence electrons. The molecule has 0 amide bonds. The molecular formula is C23H30O6. The van der Waals surface area contributed by atoms with Crippen LogP contribution in [0.2, 0.25) is 0 Å². The maximum Gasteiger partial charge on any atom is 0.338 e. The Balaban J connectivity index is 1.35. The highest BCUT2D eigenvalue weighted by molar-refractivity contribution is 5.89. The maximum absolute atomic E-state index is 12.8. The lowest BCUT2D eigenvalue weighted by molar-refractivity contribution is -0.194. The molecule has 0 aromatic heterocycles. The molecule has 6 heteroatoms. The number of hydrogen-bond acceptors (Lipinski definition) is 6. The molecule has 0 radical (unpaired) electrons. The monoisotopic (exact) mass is 402 g/mol. The molecule has 2 saturated carbocycles. The molecule has 4 fully saturated rings. The lowest BCUT2D eigenvalue weighted by atomic mass is 9.85. The van der Waals surface area contributed by atoms with Crippen molar-refractivity contribution in [1.29, 1.82) is 0 Å². The van der Waals surface area contributed by atoms with E-state index in [9.17, 15) is 4.79 Å². The van der Waals surface area contributed by atoms with Gasteiger partial charge in [-0.3, -0.25) is 0 Å². The summed E-state index contributed by atoms with van der Waals surface area (Å²) in [7, 11) is 0. The molecule has 1 aromatic rings. The minimum absolute atomic E-state index is 0.102. The van der Waals surface area contributed by atoms with Crippen molar-refractivity contribution in [3.63, 3.8) is 0 Å². The molecule has 6 nitrogen and oxygen atoms in total. The fourth-order valence-corrected chi connectivity index (χ4v) is 5.37. The first kappa shape index (κ1) is 19.5. The van der Waals surface area contributed by atoms with Crippen molar-refractivity contribution in [3.8, 4) is 0 Å². The van der Waals surface area contributed by atoms with Crippen molar-refractivity contribution in [3.05, 3.63) is 35.9 Å². The molecule has 1 aromatic carbocycles. The zero-order chi connectivity index (χ0) is 20.1. The molecule has 4 aliphatic rings. The third kappa shape index (κ3) is 3.72. The Bertz CT molecular complexity index is 741. The molecule has 29 heavy (non-hydrogen) atoms. The smallest absolute Gasteiger partial charge is 0.338 e. The predicted molar refractivity (Wildman–Crippen MR) is 104 cm³/mol. The quantitative estimate of drug-likeness (QED) is 0.716. The summed E-state index contributed by atoms with van der Waals surface area (Å²) in [5.41, 5.74) is 0.361. The summed E-state index contributed by atoms with van der Waals surface area (Å²) < 4.78 is 30.9. The van der Waals surface area contributed by atoms with Gasteiger partial charge < -0.3 is 23.7 Å². The number of benzene rings is 1. The maximum atomic E-state index is 12.8. The molecule has 2 aliphatic carbocycles. The van der Waals surface area contributed by atoms with Crippen LogP contribution in [0.1, 0.15) is 62.7 Å². The Hall–Kier alpha value is -1.47. The molecule has 0 bridgehead atoms. The molecule has 5 rings (SSSR count). The minimum atomic E-state index is -0.681. The normalized spacial score (nSPS) is 37.5. The van der Waals surface area contributed by atoms with E-state index in [4.69, 9.17) is 23.7 Å². The van der Waals surface area contributed by atoms with Crippen molar-refractivity contribution < 1.29 is 28.5 Å². The second kappa shape index (κ2) is 7.34.